The first-order valence-corrected chi connectivity index (χ1v) is 7.29. The molecular formula is C18H22ClN. The van der Waals surface area contributed by atoms with Crippen LogP contribution in [0.3, 0.4) is 0 Å². The van der Waals surface area contributed by atoms with Crippen LogP contribution in [0.25, 0.3) is 0 Å². The second-order valence-electron chi connectivity index (χ2n) is 5.99. The van der Waals surface area contributed by atoms with Crippen molar-refractivity contribution in [3.8, 4) is 0 Å². The zero-order chi connectivity index (χ0) is 14.9. The van der Waals surface area contributed by atoms with Crippen molar-refractivity contribution >= 4 is 11.6 Å². The van der Waals surface area contributed by atoms with Gasteiger partial charge in [-0.3, -0.25) is 0 Å². The maximum atomic E-state index is 6.54. The summed E-state index contributed by atoms with van der Waals surface area (Å²) in [7, 11) is 0. The highest BCUT2D eigenvalue weighted by atomic mass is 35.5. The topological polar surface area (TPSA) is 26.0 Å². The highest BCUT2D eigenvalue weighted by Gasteiger charge is 2.23. The van der Waals surface area contributed by atoms with Crippen LogP contribution in [-0.2, 0) is 12.0 Å². The van der Waals surface area contributed by atoms with Gasteiger partial charge in [0.25, 0.3) is 0 Å². The Labute approximate surface area is 126 Å². The molecule has 106 valence electrons. The molecule has 0 spiro atoms. The molecule has 2 N–H and O–H groups in total. The van der Waals surface area contributed by atoms with Crippen LogP contribution >= 0.6 is 11.6 Å². The molecule has 0 fully saturated rings. The normalized spacial score (nSPS) is 14.1. The number of hydrogen-bond donors (Lipinski definition) is 1. The maximum absolute atomic E-state index is 6.54. The van der Waals surface area contributed by atoms with E-state index in [9.17, 15) is 0 Å². The third kappa shape index (κ3) is 3.23. The summed E-state index contributed by atoms with van der Waals surface area (Å²) in [6.07, 6.45) is 0.731. The minimum Gasteiger partial charge on any atom is -0.321 e. The van der Waals surface area contributed by atoms with Crippen LogP contribution in [-0.4, -0.2) is 0 Å². The predicted octanol–water partition coefficient (Wildman–Crippen LogP) is 4.68. The van der Waals surface area contributed by atoms with E-state index in [-0.39, 0.29) is 0 Å². The molecule has 2 rings (SSSR count). The predicted molar refractivity (Wildman–Crippen MR) is 87.3 cm³/mol. The van der Waals surface area contributed by atoms with E-state index in [1.807, 2.05) is 13.0 Å². The summed E-state index contributed by atoms with van der Waals surface area (Å²) in [6, 6.07) is 12.6. The molecule has 1 atom stereocenters. The van der Waals surface area contributed by atoms with Crippen molar-refractivity contribution in [3.05, 3.63) is 69.2 Å². The fourth-order valence-corrected chi connectivity index (χ4v) is 2.69. The number of nitrogens with two attached hydrogens (primary N) is 1. The number of aryl methyl sites for hydroxylation is 3. The van der Waals surface area contributed by atoms with E-state index < -0.39 is 5.54 Å². The summed E-state index contributed by atoms with van der Waals surface area (Å²) in [6.45, 7) is 8.34. The van der Waals surface area contributed by atoms with Gasteiger partial charge in [-0.05, 0) is 68.0 Å². The lowest BCUT2D eigenvalue weighted by Gasteiger charge is -2.27. The Bertz CT molecular complexity index is 629. The minimum atomic E-state index is -0.419. The van der Waals surface area contributed by atoms with Crippen LogP contribution in [0.5, 0.6) is 0 Å². The summed E-state index contributed by atoms with van der Waals surface area (Å²) in [4.78, 5) is 0. The molecule has 0 aliphatic carbocycles. The van der Waals surface area contributed by atoms with Gasteiger partial charge in [0, 0.05) is 10.6 Å². The summed E-state index contributed by atoms with van der Waals surface area (Å²) < 4.78 is 0. The molecule has 2 heteroatoms. The molecule has 0 saturated carbocycles. The number of halogens is 1. The minimum absolute atomic E-state index is 0.419. The Hall–Kier alpha value is -1.31. The molecule has 0 heterocycles. The average molecular weight is 288 g/mol. The van der Waals surface area contributed by atoms with E-state index in [1.165, 1.54) is 16.7 Å². The molecule has 0 aliphatic heterocycles. The zero-order valence-corrected chi connectivity index (χ0v) is 13.4. The summed E-state index contributed by atoms with van der Waals surface area (Å²) in [5.74, 6) is 0. The Morgan fingerprint density at radius 1 is 1.00 bits per heavy atom. The molecular weight excluding hydrogens is 266 g/mol. The van der Waals surface area contributed by atoms with Gasteiger partial charge >= 0.3 is 0 Å². The van der Waals surface area contributed by atoms with Gasteiger partial charge < -0.3 is 5.73 Å². The van der Waals surface area contributed by atoms with Crippen molar-refractivity contribution in [2.24, 2.45) is 5.73 Å². The van der Waals surface area contributed by atoms with Gasteiger partial charge in [0.15, 0.2) is 0 Å². The molecule has 2 aromatic carbocycles. The lowest BCUT2D eigenvalue weighted by molar-refractivity contribution is 0.491. The van der Waals surface area contributed by atoms with Crippen molar-refractivity contribution in [3.63, 3.8) is 0 Å². The molecule has 0 aromatic heterocycles. The molecule has 0 saturated heterocycles. The Kier molecular flexibility index (Phi) is 4.22. The van der Waals surface area contributed by atoms with Crippen molar-refractivity contribution in [2.75, 3.05) is 0 Å². The fraction of sp³-hybridized carbons (Fsp3) is 0.333. The third-order valence-corrected chi connectivity index (χ3v) is 4.28. The Morgan fingerprint density at radius 3 is 2.30 bits per heavy atom. The van der Waals surface area contributed by atoms with Gasteiger partial charge in [-0.2, -0.15) is 0 Å². The van der Waals surface area contributed by atoms with Crippen molar-refractivity contribution in [1.82, 2.24) is 0 Å². The quantitative estimate of drug-likeness (QED) is 0.871. The van der Waals surface area contributed by atoms with Gasteiger partial charge in [-0.15, -0.1) is 0 Å². The zero-order valence-electron chi connectivity index (χ0n) is 12.6. The molecule has 0 amide bonds. The fourth-order valence-electron chi connectivity index (χ4n) is 2.39. The first-order valence-electron chi connectivity index (χ1n) is 6.91. The Balaban J connectivity index is 2.32. The SMILES string of the molecule is Cc1ccc(CC(C)(N)c2ccc(C)c(C)c2)c(Cl)c1. The van der Waals surface area contributed by atoms with Gasteiger partial charge in [0.05, 0.1) is 0 Å². The summed E-state index contributed by atoms with van der Waals surface area (Å²) in [5.41, 5.74) is 12.1. The molecule has 20 heavy (non-hydrogen) atoms. The van der Waals surface area contributed by atoms with Gasteiger partial charge in [-0.1, -0.05) is 41.9 Å². The lowest BCUT2D eigenvalue weighted by Crippen LogP contribution is -2.35. The molecule has 1 unspecified atom stereocenters. The van der Waals surface area contributed by atoms with Gasteiger partial charge in [0.2, 0.25) is 0 Å². The maximum Gasteiger partial charge on any atom is 0.0441 e. The molecule has 0 radical (unpaired) electrons. The van der Waals surface area contributed by atoms with Crippen LogP contribution in [0.4, 0.5) is 0 Å². The van der Waals surface area contributed by atoms with E-state index in [1.54, 1.807) is 0 Å². The van der Waals surface area contributed by atoms with E-state index in [4.69, 9.17) is 17.3 Å². The van der Waals surface area contributed by atoms with E-state index in [0.717, 1.165) is 22.6 Å². The summed E-state index contributed by atoms with van der Waals surface area (Å²) in [5, 5.41) is 0.797. The van der Waals surface area contributed by atoms with E-state index >= 15 is 0 Å². The van der Waals surface area contributed by atoms with Crippen LogP contribution < -0.4 is 5.73 Å². The molecule has 0 bridgehead atoms. The second-order valence-corrected chi connectivity index (χ2v) is 6.40. The molecule has 0 aliphatic rings. The van der Waals surface area contributed by atoms with Crippen LogP contribution in [0, 0.1) is 20.8 Å². The van der Waals surface area contributed by atoms with Crippen LogP contribution in [0.2, 0.25) is 5.02 Å². The number of hydrogen-bond acceptors (Lipinski definition) is 1. The lowest BCUT2D eigenvalue weighted by atomic mass is 9.85. The number of rotatable bonds is 3. The van der Waals surface area contributed by atoms with Crippen molar-refractivity contribution < 1.29 is 0 Å². The van der Waals surface area contributed by atoms with E-state index in [0.29, 0.717) is 0 Å². The van der Waals surface area contributed by atoms with Gasteiger partial charge in [-0.25, -0.2) is 0 Å². The van der Waals surface area contributed by atoms with Crippen molar-refractivity contribution in [1.29, 1.82) is 0 Å². The second kappa shape index (κ2) is 5.59. The molecule has 2 aromatic rings. The number of benzene rings is 2. The standard InChI is InChI=1S/C18H22ClN/c1-12-5-7-15(17(19)9-12)11-18(4,20)16-8-6-13(2)14(3)10-16/h5-10H,11,20H2,1-4H3. The first kappa shape index (κ1) is 15.1. The summed E-state index contributed by atoms with van der Waals surface area (Å²) >= 11 is 6.32. The Morgan fingerprint density at radius 2 is 1.70 bits per heavy atom. The van der Waals surface area contributed by atoms with Crippen LogP contribution in [0.1, 0.15) is 34.7 Å². The highest BCUT2D eigenvalue weighted by molar-refractivity contribution is 6.31. The monoisotopic (exact) mass is 287 g/mol. The molecule has 1 nitrogen and oxygen atoms in total. The van der Waals surface area contributed by atoms with Crippen LogP contribution in [0.15, 0.2) is 36.4 Å². The first-order chi connectivity index (χ1) is 9.29. The van der Waals surface area contributed by atoms with E-state index in [2.05, 4.69) is 51.1 Å². The van der Waals surface area contributed by atoms with Gasteiger partial charge in [0.1, 0.15) is 0 Å². The largest absolute Gasteiger partial charge is 0.321 e. The highest BCUT2D eigenvalue weighted by Crippen LogP contribution is 2.28. The average Bonchev–Trinajstić information content (AvgIpc) is 2.36. The third-order valence-electron chi connectivity index (χ3n) is 3.93. The van der Waals surface area contributed by atoms with Crippen molar-refractivity contribution in [2.45, 2.75) is 39.7 Å². The smallest absolute Gasteiger partial charge is 0.0441 e.